The van der Waals surface area contributed by atoms with Gasteiger partial charge in [-0.2, -0.15) is 14.8 Å². The fourth-order valence-corrected chi connectivity index (χ4v) is 3.00. The topological polar surface area (TPSA) is 137 Å². The summed E-state index contributed by atoms with van der Waals surface area (Å²) in [7, 11) is -3.12. The van der Waals surface area contributed by atoms with Crippen LogP contribution in [0.15, 0.2) is 23.1 Å². The Kier molecular flexibility index (Phi) is 5.24. The van der Waals surface area contributed by atoms with Crippen LogP contribution in [0.5, 0.6) is 0 Å². The second-order valence-electron chi connectivity index (χ2n) is 3.84. The first-order chi connectivity index (χ1) is 9.88. The molecule has 0 aliphatic heterocycles. The molecule has 0 saturated heterocycles. The predicted molar refractivity (Wildman–Crippen MR) is 72.2 cm³/mol. The molecule has 1 rings (SSSR count). The monoisotopic (exact) mass is 308 g/mol. The number of methoxy groups -OCH3 is 1. The lowest BCUT2D eigenvalue weighted by Crippen LogP contribution is -2.33. The van der Waals surface area contributed by atoms with E-state index < -0.39 is 34.0 Å². The Morgan fingerprint density at radius 3 is 2.38 bits per heavy atom. The molecular formula is C12H12N4O4S. The molecule has 0 fully saturated rings. The molecule has 0 atom stereocenters. The standard InChI is InChI=1S/C12H12N4O4S/c1-20-12(17)10-3-2-9(15)8-11(10)21(18,19)16(6-4-13)7-5-14/h2-3,8H,6-7,15H2,1H3. The van der Waals surface area contributed by atoms with Crippen molar-refractivity contribution >= 4 is 21.7 Å². The van der Waals surface area contributed by atoms with Gasteiger partial charge < -0.3 is 10.5 Å². The molecule has 21 heavy (non-hydrogen) atoms. The summed E-state index contributed by atoms with van der Waals surface area (Å²) in [6.07, 6.45) is 0. The summed E-state index contributed by atoms with van der Waals surface area (Å²) < 4.78 is 30.1. The Labute approximate surface area is 122 Å². The van der Waals surface area contributed by atoms with E-state index in [4.69, 9.17) is 16.3 Å². The summed E-state index contributed by atoms with van der Waals surface area (Å²) in [6.45, 7) is -1.05. The van der Waals surface area contributed by atoms with Gasteiger partial charge in [-0.15, -0.1) is 0 Å². The summed E-state index contributed by atoms with van der Waals surface area (Å²) in [6, 6.07) is 6.96. The van der Waals surface area contributed by atoms with Gasteiger partial charge in [0.2, 0.25) is 10.0 Å². The second kappa shape index (κ2) is 6.70. The molecule has 110 valence electrons. The third-order valence-corrected chi connectivity index (χ3v) is 4.35. The number of hydrogen-bond acceptors (Lipinski definition) is 7. The van der Waals surface area contributed by atoms with E-state index in [-0.39, 0.29) is 11.3 Å². The van der Waals surface area contributed by atoms with Crippen molar-refractivity contribution in [2.24, 2.45) is 0 Å². The molecule has 0 aromatic heterocycles. The van der Waals surface area contributed by atoms with Crippen molar-refractivity contribution in [3.63, 3.8) is 0 Å². The molecule has 0 aliphatic carbocycles. The molecule has 1 aromatic rings. The predicted octanol–water partition coefficient (Wildman–Crippen LogP) is 0.0933. The number of carbonyl (C=O) groups excluding carboxylic acids is 1. The number of esters is 1. The van der Waals surface area contributed by atoms with Crippen LogP contribution >= 0.6 is 0 Å². The molecule has 8 nitrogen and oxygen atoms in total. The lowest BCUT2D eigenvalue weighted by Gasteiger charge is -2.18. The Bertz CT molecular complexity index is 715. The van der Waals surface area contributed by atoms with Crippen molar-refractivity contribution in [3.8, 4) is 12.1 Å². The number of hydrogen-bond donors (Lipinski definition) is 1. The minimum Gasteiger partial charge on any atom is -0.465 e. The number of benzene rings is 1. The minimum absolute atomic E-state index is 0.120. The smallest absolute Gasteiger partial charge is 0.339 e. The molecule has 0 saturated carbocycles. The van der Waals surface area contributed by atoms with E-state index in [2.05, 4.69) is 4.74 Å². The first-order valence-corrected chi connectivity index (χ1v) is 7.04. The molecule has 9 heteroatoms. The van der Waals surface area contributed by atoms with Crippen LogP contribution in [0, 0.1) is 22.7 Å². The fourth-order valence-electron chi connectivity index (χ4n) is 1.55. The molecule has 0 amide bonds. The highest BCUT2D eigenvalue weighted by atomic mass is 32.2. The van der Waals surface area contributed by atoms with Gasteiger partial charge in [0.1, 0.15) is 13.1 Å². The second-order valence-corrected chi connectivity index (χ2v) is 5.74. The number of rotatable bonds is 5. The summed E-state index contributed by atoms with van der Waals surface area (Å²) in [5.41, 5.74) is 5.45. The van der Waals surface area contributed by atoms with Gasteiger partial charge in [0.05, 0.1) is 29.7 Å². The van der Waals surface area contributed by atoms with Crippen molar-refractivity contribution in [1.82, 2.24) is 4.31 Å². The largest absolute Gasteiger partial charge is 0.465 e. The van der Waals surface area contributed by atoms with Crippen LogP contribution in [0.1, 0.15) is 10.4 Å². The highest BCUT2D eigenvalue weighted by Gasteiger charge is 2.29. The Morgan fingerprint density at radius 2 is 1.90 bits per heavy atom. The number of nitriles is 2. The van der Waals surface area contributed by atoms with E-state index in [1.54, 1.807) is 12.1 Å². The van der Waals surface area contributed by atoms with Gasteiger partial charge >= 0.3 is 5.97 Å². The van der Waals surface area contributed by atoms with Crippen molar-refractivity contribution in [2.45, 2.75) is 4.90 Å². The number of carbonyl (C=O) groups is 1. The lowest BCUT2D eigenvalue weighted by molar-refractivity contribution is 0.0596. The van der Waals surface area contributed by atoms with Crippen molar-refractivity contribution in [1.29, 1.82) is 10.5 Å². The van der Waals surface area contributed by atoms with Crippen molar-refractivity contribution in [3.05, 3.63) is 23.8 Å². The first kappa shape index (κ1) is 16.4. The molecule has 0 bridgehead atoms. The van der Waals surface area contributed by atoms with Crippen LogP contribution in [-0.2, 0) is 14.8 Å². The average molecular weight is 308 g/mol. The zero-order chi connectivity index (χ0) is 16.0. The average Bonchev–Trinajstić information content (AvgIpc) is 2.46. The van der Waals surface area contributed by atoms with Crippen LogP contribution in [0.2, 0.25) is 0 Å². The van der Waals surface area contributed by atoms with Gasteiger partial charge in [-0.1, -0.05) is 0 Å². The SMILES string of the molecule is COC(=O)c1ccc(N)cc1S(=O)(=O)N(CC#N)CC#N. The molecular weight excluding hydrogens is 296 g/mol. The minimum atomic E-state index is -4.23. The normalized spacial score (nSPS) is 10.7. The summed E-state index contributed by atoms with van der Waals surface area (Å²) in [5.74, 6) is -0.859. The number of nitrogens with zero attached hydrogens (tertiary/aromatic N) is 3. The molecule has 1 aromatic carbocycles. The maximum Gasteiger partial charge on any atom is 0.339 e. The van der Waals surface area contributed by atoms with Gasteiger partial charge in [-0.3, -0.25) is 0 Å². The van der Waals surface area contributed by atoms with Crippen molar-refractivity contribution in [2.75, 3.05) is 25.9 Å². The maximum absolute atomic E-state index is 12.5. The van der Waals surface area contributed by atoms with E-state index in [1.807, 2.05) is 0 Å². The molecule has 0 unspecified atom stereocenters. The maximum atomic E-state index is 12.5. The van der Waals surface area contributed by atoms with Gasteiger partial charge in [0, 0.05) is 5.69 Å². The van der Waals surface area contributed by atoms with E-state index in [1.165, 1.54) is 12.1 Å². The molecule has 0 spiro atoms. The van der Waals surface area contributed by atoms with Crippen molar-refractivity contribution < 1.29 is 17.9 Å². The van der Waals surface area contributed by atoms with E-state index in [0.29, 0.717) is 4.31 Å². The summed E-state index contributed by atoms with van der Waals surface area (Å²) in [5, 5.41) is 17.3. The molecule has 0 radical (unpaired) electrons. The third kappa shape index (κ3) is 3.48. The highest BCUT2D eigenvalue weighted by Crippen LogP contribution is 2.23. The van der Waals surface area contributed by atoms with Crippen LogP contribution < -0.4 is 5.73 Å². The Hall–Kier alpha value is -2.62. The third-order valence-electron chi connectivity index (χ3n) is 2.52. The van der Waals surface area contributed by atoms with Crippen LogP contribution in [0.4, 0.5) is 5.69 Å². The summed E-state index contributed by atoms with van der Waals surface area (Å²) in [4.78, 5) is 11.3. The van der Waals surface area contributed by atoms with Gasteiger partial charge in [-0.05, 0) is 18.2 Å². The van der Waals surface area contributed by atoms with Crippen LogP contribution in [-0.4, -0.2) is 38.9 Å². The molecule has 0 aliphatic rings. The van der Waals surface area contributed by atoms with E-state index in [9.17, 15) is 13.2 Å². The number of nitrogen functional groups attached to an aromatic ring is 1. The van der Waals surface area contributed by atoms with E-state index >= 15 is 0 Å². The van der Waals surface area contributed by atoms with Gasteiger partial charge in [-0.25, -0.2) is 13.2 Å². The number of ether oxygens (including phenoxy) is 1. The van der Waals surface area contributed by atoms with Gasteiger partial charge in [0.15, 0.2) is 0 Å². The fraction of sp³-hybridized carbons (Fsp3) is 0.250. The first-order valence-electron chi connectivity index (χ1n) is 5.60. The van der Waals surface area contributed by atoms with Gasteiger partial charge in [0.25, 0.3) is 0 Å². The molecule has 0 heterocycles. The number of sulfonamides is 1. The number of anilines is 1. The lowest BCUT2D eigenvalue weighted by atomic mass is 10.2. The van der Waals surface area contributed by atoms with Crippen LogP contribution in [0.25, 0.3) is 0 Å². The summed E-state index contributed by atoms with van der Waals surface area (Å²) >= 11 is 0. The Balaban J connectivity index is 3.50. The quantitative estimate of drug-likeness (QED) is 0.462. The molecule has 2 N–H and O–H groups in total. The zero-order valence-corrected chi connectivity index (χ0v) is 11.9. The number of nitrogens with two attached hydrogens (primary N) is 1. The van der Waals surface area contributed by atoms with E-state index in [0.717, 1.165) is 13.2 Å². The Morgan fingerprint density at radius 1 is 1.33 bits per heavy atom. The van der Waals surface area contributed by atoms with Crippen LogP contribution in [0.3, 0.4) is 0 Å². The zero-order valence-electron chi connectivity index (χ0n) is 11.1. The highest BCUT2D eigenvalue weighted by molar-refractivity contribution is 7.89.